The van der Waals surface area contributed by atoms with Gasteiger partial charge in [0.05, 0.1) is 12.1 Å². The highest BCUT2D eigenvalue weighted by molar-refractivity contribution is 5.84. The molecule has 0 radical (unpaired) electrons. The zero-order valence-electron chi connectivity index (χ0n) is 13.9. The topological polar surface area (TPSA) is 65.2 Å². The molecule has 128 valence electrons. The third-order valence-electron chi connectivity index (χ3n) is 4.07. The van der Waals surface area contributed by atoms with Crippen molar-refractivity contribution in [3.63, 3.8) is 0 Å². The molecule has 0 bridgehead atoms. The van der Waals surface area contributed by atoms with E-state index in [1.807, 2.05) is 72.8 Å². The van der Waals surface area contributed by atoms with Crippen molar-refractivity contribution in [3.05, 3.63) is 95.9 Å². The highest BCUT2D eigenvalue weighted by Gasteiger charge is 2.21. The van der Waals surface area contributed by atoms with Crippen LogP contribution in [-0.2, 0) is 16.0 Å². The maximum Gasteiger partial charge on any atom is 0.313 e. The van der Waals surface area contributed by atoms with Crippen LogP contribution in [0.25, 0.3) is 11.0 Å². The van der Waals surface area contributed by atoms with Gasteiger partial charge in [-0.15, -0.1) is 0 Å². The second-order valence-corrected chi connectivity index (χ2v) is 5.84. The van der Waals surface area contributed by atoms with E-state index in [4.69, 9.17) is 9.26 Å². The predicted octanol–water partition coefficient (Wildman–Crippen LogP) is 4.10. The number of aromatic nitrogens is 2. The molecule has 0 fully saturated rings. The second kappa shape index (κ2) is 7.19. The Morgan fingerprint density at radius 3 is 2.54 bits per heavy atom. The SMILES string of the molecule is O=C(Cc1noc2ccccc12)O[C@@H](c1ccccc1)c1ccccn1. The summed E-state index contributed by atoms with van der Waals surface area (Å²) in [6, 6.07) is 22.5. The molecule has 0 aliphatic carbocycles. The Hall–Kier alpha value is -3.47. The second-order valence-electron chi connectivity index (χ2n) is 5.84. The number of nitrogens with zero attached hydrogens (tertiary/aromatic N) is 2. The molecule has 0 saturated heterocycles. The molecule has 0 saturated carbocycles. The Labute approximate surface area is 150 Å². The maximum absolute atomic E-state index is 12.6. The average molecular weight is 344 g/mol. The fraction of sp³-hybridized carbons (Fsp3) is 0.0952. The number of carbonyl (C=O) groups is 1. The van der Waals surface area contributed by atoms with Gasteiger partial charge in [0, 0.05) is 11.6 Å². The summed E-state index contributed by atoms with van der Waals surface area (Å²) in [6.07, 6.45) is 1.15. The molecular weight excluding hydrogens is 328 g/mol. The minimum absolute atomic E-state index is 0.0349. The summed E-state index contributed by atoms with van der Waals surface area (Å²) >= 11 is 0. The molecule has 0 amide bonds. The summed E-state index contributed by atoms with van der Waals surface area (Å²) in [5.74, 6) is -0.386. The third-order valence-corrected chi connectivity index (χ3v) is 4.07. The van der Waals surface area contributed by atoms with Gasteiger partial charge in [-0.05, 0) is 29.8 Å². The number of para-hydroxylation sites is 1. The highest BCUT2D eigenvalue weighted by Crippen LogP contribution is 2.25. The van der Waals surface area contributed by atoms with Crippen LogP contribution < -0.4 is 0 Å². The highest BCUT2D eigenvalue weighted by atomic mass is 16.5. The average Bonchev–Trinajstić information content (AvgIpc) is 3.10. The molecule has 4 rings (SSSR count). The summed E-state index contributed by atoms with van der Waals surface area (Å²) in [7, 11) is 0. The van der Waals surface area contributed by atoms with Gasteiger partial charge in [0.25, 0.3) is 0 Å². The number of hydrogen-bond donors (Lipinski definition) is 0. The van der Waals surface area contributed by atoms with E-state index in [1.54, 1.807) is 6.20 Å². The molecular formula is C21H16N2O3. The van der Waals surface area contributed by atoms with E-state index >= 15 is 0 Å². The summed E-state index contributed by atoms with van der Waals surface area (Å²) in [5, 5.41) is 4.81. The first-order chi connectivity index (χ1) is 12.8. The third kappa shape index (κ3) is 3.32. The molecule has 5 heteroatoms. The van der Waals surface area contributed by atoms with Gasteiger partial charge in [0.1, 0.15) is 5.69 Å². The van der Waals surface area contributed by atoms with Gasteiger partial charge < -0.3 is 9.26 Å². The summed E-state index contributed by atoms with van der Waals surface area (Å²) in [4.78, 5) is 16.9. The van der Waals surface area contributed by atoms with Gasteiger partial charge in [-0.25, -0.2) is 0 Å². The molecule has 2 heterocycles. The summed E-state index contributed by atoms with van der Waals surface area (Å²) < 4.78 is 11.0. The van der Waals surface area contributed by atoms with Crippen molar-refractivity contribution in [3.8, 4) is 0 Å². The number of hydrogen-bond acceptors (Lipinski definition) is 5. The molecule has 0 aliphatic heterocycles. The van der Waals surface area contributed by atoms with Crippen molar-refractivity contribution in [1.82, 2.24) is 10.1 Å². The maximum atomic E-state index is 12.6. The van der Waals surface area contributed by atoms with Crippen LogP contribution in [0.4, 0.5) is 0 Å². The lowest BCUT2D eigenvalue weighted by Gasteiger charge is -2.17. The number of carbonyl (C=O) groups excluding carboxylic acids is 1. The Bertz CT molecular complexity index is 974. The van der Waals surface area contributed by atoms with Crippen LogP contribution in [0.5, 0.6) is 0 Å². The van der Waals surface area contributed by atoms with Gasteiger partial charge in [0.2, 0.25) is 0 Å². The van der Waals surface area contributed by atoms with E-state index in [0.717, 1.165) is 10.9 Å². The van der Waals surface area contributed by atoms with Crippen LogP contribution in [0.1, 0.15) is 23.1 Å². The predicted molar refractivity (Wildman–Crippen MR) is 96.3 cm³/mol. The van der Waals surface area contributed by atoms with Crippen molar-refractivity contribution < 1.29 is 14.1 Å². The molecule has 0 N–H and O–H groups in total. The van der Waals surface area contributed by atoms with E-state index < -0.39 is 6.10 Å². The molecule has 5 nitrogen and oxygen atoms in total. The van der Waals surface area contributed by atoms with E-state index in [1.165, 1.54) is 0 Å². The van der Waals surface area contributed by atoms with Gasteiger partial charge in [-0.3, -0.25) is 9.78 Å². The summed E-state index contributed by atoms with van der Waals surface area (Å²) in [6.45, 7) is 0. The standard InChI is InChI=1S/C21H16N2O3/c24-20(14-18-16-10-4-5-12-19(16)26-23-18)25-21(15-8-2-1-3-9-15)17-11-6-7-13-22-17/h1-13,21H,14H2/t21-/m0/s1. The molecule has 26 heavy (non-hydrogen) atoms. The molecule has 0 spiro atoms. The van der Waals surface area contributed by atoms with Gasteiger partial charge in [0.15, 0.2) is 11.7 Å². The smallest absolute Gasteiger partial charge is 0.313 e. The fourth-order valence-corrected chi connectivity index (χ4v) is 2.83. The van der Waals surface area contributed by atoms with Crippen molar-refractivity contribution in [2.75, 3.05) is 0 Å². The Morgan fingerprint density at radius 2 is 1.73 bits per heavy atom. The Morgan fingerprint density at radius 1 is 0.962 bits per heavy atom. The van der Waals surface area contributed by atoms with Crippen molar-refractivity contribution in [2.45, 2.75) is 12.5 Å². The Balaban J connectivity index is 1.58. The number of rotatable bonds is 5. The largest absolute Gasteiger partial charge is 0.451 e. The van der Waals surface area contributed by atoms with Crippen LogP contribution in [0.2, 0.25) is 0 Å². The number of fused-ring (bicyclic) bond motifs is 1. The van der Waals surface area contributed by atoms with Crippen LogP contribution in [0, 0.1) is 0 Å². The monoisotopic (exact) mass is 344 g/mol. The first-order valence-corrected chi connectivity index (χ1v) is 8.30. The molecule has 0 unspecified atom stereocenters. The quantitative estimate of drug-likeness (QED) is 0.510. The van der Waals surface area contributed by atoms with Gasteiger partial charge in [-0.2, -0.15) is 0 Å². The van der Waals surface area contributed by atoms with E-state index in [0.29, 0.717) is 17.0 Å². The van der Waals surface area contributed by atoms with Gasteiger partial charge in [-0.1, -0.05) is 53.7 Å². The molecule has 2 aromatic carbocycles. The Kier molecular flexibility index (Phi) is 4.43. The van der Waals surface area contributed by atoms with E-state index in [-0.39, 0.29) is 12.4 Å². The van der Waals surface area contributed by atoms with E-state index in [2.05, 4.69) is 10.1 Å². The van der Waals surface area contributed by atoms with Crippen LogP contribution >= 0.6 is 0 Å². The normalized spacial score (nSPS) is 12.0. The molecule has 1 atom stereocenters. The van der Waals surface area contributed by atoms with Crippen molar-refractivity contribution in [1.29, 1.82) is 0 Å². The van der Waals surface area contributed by atoms with Gasteiger partial charge >= 0.3 is 5.97 Å². The van der Waals surface area contributed by atoms with Crippen molar-refractivity contribution >= 4 is 16.9 Å². The summed E-state index contributed by atoms with van der Waals surface area (Å²) in [5.41, 5.74) is 2.76. The first-order valence-electron chi connectivity index (χ1n) is 8.30. The lowest BCUT2D eigenvalue weighted by Crippen LogP contribution is -2.15. The lowest BCUT2D eigenvalue weighted by molar-refractivity contribution is -0.147. The lowest BCUT2D eigenvalue weighted by atomic mass is 10.1. The fourth-order valence-electron chi connectivity index (χ4n) is 2.83. The minimum Gasteiger partial charge on any atom is -0.451 e. The molecule has 4 aromatic rings. The molecule has 2 aromatic heterocycles. The van der Waals surface area contributed by atoms with Crippen molar-refractivity contribution in [2.24, 2.45) is 0 Å². The number of pyridine rings is 1. The van der Waals surface area contributed by atoms with E-state index in [9.17, 15) is 4.79 Å². The number of esters is 1. The number of benzene rings is 2. The number of ether oxygens (including phenoxy) is 1. The molecule has 0 aliphatic rings. The van der Waals surface area contributed by atoms with Crippen LogP contribution in [0.3, 0.4) is 0 Å². The minimum atomic E-state index is -0.567. The zero-order chi connectivity index (χ0) is 17.8. The van der Waals surface area contributed by atoms with Crippen LogP contribution in [0.15, 0.2) is 83.5 Å². The first kappa shape index (κ1) is 16.0. The zero-order valence-corrected chi connectivity index (χ0v) is 13.9. The van der Waals surface area contributed by atoms with Crippen LogP contribution in [-0.4, -0.2) is 16.1 Å².